The molecule has 8 heteroatoms. The molecule has 0 saturated carbocycles. The van der Waals surface area contributed by atoms with Gasteiger partial charge in [-0.2, -0.15) is 5.10 Å². The van der Waals surface area contributed by atoms with Crippen LogP contribution < -0.4 is 0 Å². The van der Waals surface area contributed by atoms with Crippen molar-refractivity contribution >= 4 is 21.8 Å². The number of likely N-dealkylation sites (tertiary alicyclic amines) is 1. The summed E-state index contributed by atoms with van der Waals surface area (Å²) in [7, 11) is 0. The Morgan fingerprint density at radius 2 is 2.00 bits per heavy atom. The van der Waals surface area contributed by atoms with E-state index in [0.717, 1.165) is 23.1 Å². The fraction of sp³-hybridized carbons (Fsp3) is 0.278. The normalized spacial score (nSPS) is 15.2. The van der Waals surface area contributed by atoms with E-state index in [1.165, 1.54) is 0 Å². The van der Waals surface area contributed by atoms with Crippen molar-refractivity contribution in [1.29, 1.82) is 0 Å². The lowest BCUT2D eigenvalue weighted by atomic mass is 9.95. The summed E-state index contributed by atoms with van der Waals surface area (Å²) in [6, 6.07) is 7.53. The summed E-state index contributed by atoms with van der Waals surface area (Å²) in [6.45, 7) is 1.40. The second-order valence-corrected chi connectivity index (χ2v) is 7.04. The first-order valence-corrected chi connectivity index (χ1v) is 9.24. The smallest absolute Gasteiger partial charge is 0.254 e. The van der Waals surface area contributed by atoms with Crippen molar-refractivity contribution in [3.8, 4) is 11.5 Å². The van der Waals surface area contributed by atoms with Crippen molar-refractivity contribution in [2.24, 2.45) is 0 Å². The minimum Gasteiger partial charge on any atom is -0.339 e. The quantitative estimate of drug-likeness (QED) is 0.713. The third kappa shape index (κ3) is 3.37. The highest BCUT2D eigenvalue weighted by molar-refractivity contribution is 9.10. The summed E-state index contributed by atoms with van der Waals surface area (Å²) in [5.41, 5.74) is 1.35. The minimum atomic E-state index is 0.0637. The fourth-order valence-electron chi connectivity index (χ4n) is 3.15. The molecule has 1 N–H and O–H groups in total. The van der Waals surface area contributed by atoms with Gasteiger partial charge in [-0.1, -0.05) is 12.1 Å². The average Bonchev–Trinajstić information content (AvgIpc) is 3.19. The number of hydrogen-bond donors (Lipinski definition) is 1. The number of piperidine rings is 1. The second kappa shape index (κ2) is 7.33. The summed E-state index contributed by atoms with van der Waals surface area (Å²) >= 11 is 3.46. The van der Waals surface area contributed by atoms with E-state index in [2.05, 4.69) is 41.1 Å². The van der Waals surface area contributed by atoms with Gasteiger partial charge in [-0.05, 0) is 40.9 Å². The van der Waals surface area contributed by atoms with Gasteiger partial charge >= 0.3 is 0 Å². The van der Waals surface area contributed by atoms with Crippen molar-refractivity contribution in [1.82, 2.24) is 30.0 Å². The molecule has 132 valence electrons. The largest absolute Gasteiger partial charge is 0.339 e. The van der Waals surface area contributed by atoms with E-state index in [4.69, 9.17) is 0 Å². The van der Waals surface area contributed by atoms with Crippen LogP contribution in [-0.4, -0.2) is 49.0 Å². The maximum absolute atomic E-state index is 12.7. The molecule has 3 aromatic rings. The van der Waals surface area contributed by atoms with E-state index >= 15 is 0 Å². The van der Waals surface area contributed by atoms with Crippen LogP contribution in [0.5, 0.6) is 0 Å². The van der Waals surface area contributed by atoms with Gasteiger partial charge in [0, 0.05) is 35.9 Å². The zero-order valence-corrected chi connectivity index (χ0v) is 15.6. The summed E-state index contributed by atoms with van der Waals surface area (Å²) in [6.07, 6.45) is 6.59. The molecule has 0 radical (unpaired) electrons. The number of amides is 1. The standard InChI is InChI=1S/C18H17BrN6O/c19-14-4-2-1-3-13(14)18(26)25-9-5-12(6-10-25)16-22-17(24-23-16)15-11-20-7-8-21-15/h1-4,7-8,11-12H,5-6,9-10H2,(H,22,23,24). The Bertz CT molecular complexity index is 905. The van der Waals surface area contributed by atoms with E-state index in [0.29, 0.717) is 30.2 Å². The molecule has 4 rings (SSSR count). The van der Waals surface area contributed by atoms with E-state index in [9.17, 15) is 4.79 Å². The molecule has 7 nitrogen and oxygen atoms in total. The second-order valence-electron chi connectivity index (χ2n) is 6.18. The van der Waals surface area contributed by atoms with Crippen molar-refractivity contribution in [2.45, 2.75) is 18.8 Å². The topological polar surface area (TPSA) is 87.7 Å². The van der Waals surface area contributed by atoms with Gasteiger partial charge in [0.05, 0.1) is 11.8 Å². The highest BCUT2D eigenvalue weighted by Crippen LogP contribution is 2.28. The number of carbonyl (C=O) groups is 1. The van der Waals surface area contributed by atoms with E-state index in [1.807, 2.05) is 29.2 Å². The van der Waals surface area contributed by atoms with Crippen molar-refractivity contribution in [3.05, 3.63) is 58.7 Å². The molecule has 1 saturated heterocycles. The van der Waals surface area contributed by atoms with Crippen LogP contribution >= 0.6 is 15.9 Å². The Morgan fingerprint density at radius 1 is 1.19 bits per heavy atom. The summed E-state index contributed by atoms with van der Waals surface area (Å²) in [5.74, 6) is 1.73. The van der Waals surface area contributed by atoms with Crippen LogP contribution in [0, 0.1) is 0 Å². The summed E-state index contributed by atoms with van der Waals surface area (Å²) in [5, 5.41) is 7.27. The lowest BCUT2D eigenvalue weighted by Gasteiger charge is -2.31. The van der Waals surface area contributed by atoms with E-state index < -0.39 is 0 Å². The lowest BCUT2D eigenvalue weighted by molar-refractivity contribution is 0.0710. The number of carbonyl (C=O) groups excluding carboxylic acids is 1. The van der Waals surface area contributed by atoms with Crippen molar-refractivity contribution in [2.75, 3.05) is 13.1 Å². The predicted octanol–water partition coefficient (Wildman–Crippen LogP) is 3.04. The predicted molar refractivity (Wildman–Crippen MR) is 99.4 cm³/mol. The van der Waals surface area contributed by atoms with E-state index in [1.54, 1.807) is 18.6 Å². The Kier molecular flexibility index (Phi) is 4.75. The molecule has 0 aliphatic carbocycles. The Hall–Kier alpha value is -2.61. The van der Waals surface area contributed by atoms with Crippen molar-refractivity contribution in [3.63, 3.8) is 0 Å². The van der Waals surface area contributed by atoms with Gasteiger partial charge < -0.3 is 4.90 Å². The van der Waals surface area contributed by atoms with Crippen LogP contribution in [0.25, 0.3) is 11.5 Å². The molecule has 3 heterocycles. The Balaban J connectivity index is 1.42. The monoisotopic (exact) mass is 412 g/mol. The molecule has 0 bridgehead atoms. The van der Waals surface area contributed by atoms with Crippen LogP contribution in [-0.2, 0) is 0 Å². The first kappa shape index (κ1) is 16.8. The molecule has 0 spiro atoms. The zero-order valence-electron chi connectivity index (χ0n) is 14.0. The van der Waals surface area contributed by atoms with Crippen molar-refractivity contribution < 1.29 is 4.79 Å². The van der Waals surface area contributed by atoms with Gasteiger partial charge in [0.15, 0.2) is 0 Å². The SMILES string of the molecule is O=C(c1ccccc1Br)N1CCC(c2nc(-c3cnccn3)n[nH]2)CC1. The number of H-pyrrole nitrogens is 1. The number of rotatable bonds is 3. The van der Waals surface area contributed by atoms with Gasteiger partial charge in [-0.3, -0.25) is 14.9 Å². The maximum Gasteiger partial charge on any atom is 0.254 e. The third-order valence-electron chi connectivity index (χ3n) is 4.57. The molecule has 0 unspecified atom stereocenters. The number of benzene rings is 1. The number of nitrogens with one attached hydrogen (secondary N) is 1. The number of hydrogen-bond acceptors (Lipinski definition) is 5. The molecule has 1 aliphatic rings. The van der Waals surface area contributed by atoms with Crippen LogP contribution in [0.2, 0.25) is 0 Å². The molecule has 1 aliphatic heterocycles. The number of aromatic nitrogens is 5. The Morgan fingerprint density at radius 3 is 2.73 bits per heavy atom. The minimum absolute atomic E-state index is 0.0637. The molecule has 1 fully saturated rings. The molecular weight excluding hydrogens is 396 g/mol. The lowest BCUT2D eigenvalue weighted by Crippen LogP contribution is -2.38. The van der Waals surface area contributed by atoms with E-state index in [-0.39, 0.29) is 11.8 Å². The number of nitrogens with zero attached hydrogens (tertiary/aromatic N) is 5. The Labute approximate surface area is 159 Å². The highest BCUT2D eigenvalue weighted by atomic mass is 79.9. The molecule has 1 aromatic carbocycles. The molecule has 2 aromatic heterocycles. The number of halogens is 1. The molecular formula is C18H17BrN6O. The first-order valence-electron chi connectivity index (χ1n) is 8.45. The zero-order chi connectivity index (χ0) is 17.9. The fourth-order valence-corrected chi connectivity index (χ4v) is 3.60. The van der Waals surface area contributed by atoms with Crippen LogP contribution in [0.4, 0.5) is 0 Å². The van der Waals surface area contributed by atoms with Gasteiger partial charge in [0.1, 0.15) is 11.5 Å². The average molecular weight is 413 g/mol. The highest BCUT2D eigenvalue weighted by Gasteiger charge is 2.27. The summed E-state index contributed by atoms with van der Waals surface area (Å²) < 4.78 is 0.830. The molecule has 1 amide bonds. The molecule has 0 atom stereocenters. The third-order valence-corrected chi connectivity index (χ3v) is 5.26. The molecule has 26 heavy (non-hydrogen) atoms. The number of aromatic amines is 1. The van der Waals surface area contributed by atoms with Gasteiger partial charge in [-0.15, -0.1) is 0 Å². The van der Waals surface area contributed by atoms with Gasteiger partial charge in [-0.25, -0.2) is 9.97 Å². The van der Waals surface area contributed by atoms with Gasteiger partial charge in [0.2, 0.25) is 5.82 Å². The van der Waals surface area contributed by atoms with Crippen LogP contribution in [0.1, 0.15) is 34.9 Å². The first-order chi connectivity index (χ1) is 12.7. The van der Waals surface area contributed by atoms with Crippen LogP contribution in [0.3, 0.4) is 0 Å². The van der Waals surface area contributed by atoms with Gasteiger partial charge in [0.25, 0.3) is 5.91 Å². The summed E-state index contributed by atoms with van der Waals surface area (Å²) in [4.78, 5) is 27.4. The maximum atomic E-state index is 12.7. The van der Waals surface area contributed by atoms with Crippen LogP contribution in [0.15, 0.2) is 47.3 Å².